The van der Waals surface area contributed by atoms with Crippen molar-refractivity contribution in [2.75, 3.05) is 26.2 Å². The molecule has 1 spiro atoms. The van der Waals surface area contributed by atoms with E-state index in [9.17, 15) is 0 Å². The Bertz CT molecular complexity index is 172. The van der Waals surface area contributed by atoms with Crippen LogP contribution < -0.4 is 5.32 Å². The average molecular weight is 166 g/mol. The molecule has 1 atom stereocenters. The Labute approximate surface area is 74.3 Å². The van der Waals surface area contributed by atoms with E-state index >= 15 is 0 Å². The van der Waals surface area contributed by atoms with Crippen molar-refractivity contribution in [3.63, 3.8) is 0 Å². The molecule has 0 bridgehead atoms. The van der Waals surface area contributed by atoms with Crippen molar-refractivity contribution in [2.24, 2.45) is 5.41 Å². The van der Waals surface area contributed by atoms with Crippen molar-refractivity contribution in [3.8, 4) is 0 Å². The molecule has 3 aliphatic rings. The lowest BCUT2D eigenvalue weighted by Gasteiger charge is -2.41. The summed E-state index contributed by atoms with van der Waals surface area (Å²) in [5, 5.41) is 3.56. The second-order valence-corrected chi connectivity index (χ2v) is 4.96. The van der Waals surface area contributed by atoms with Gasteiger partial charge in [0.05, 0.1) is 0 Å². The van der Waals surface area contributed by atoms with E-state index in [1.54, 1.807) is 0 Å². The van der Waals surface area contributed by atoms with E-state index in [2.05, 4.69) is 10.2 Å². The van der Waals surface area contributed by atoms with Crippen LogP contribution in [0.4, 0.5) is 0 Å². The lowest BCUT2D eigenvalue weighted by molar-refractivity contribution is 0.0731. The summed E-state index contributed by atoms with van der Waals surface area (Å²) in [6.45, 7) is 5.39. The molecule has 0 aromatic heterocycles. The summed E-state index contributed by atoms with van der Waals surface area (Å²) in [6, 6.07) is 0.820. The van der Waals surface area contributed by atoms with Gasteiger partial charge in [-0.05, 0) is 37.6 Å². The fourth-order valence-electron chi connectivity index (χ4n) is 2.75. The maximum atomic E-state index is 3.56. The smallest absolute Gasteiger partial charge is 0.0195 e. The Balaban J connectivity index is 1.44. The second kappa shape index (κ2) is 2.46. The summed E-state index contributed by atoms with van der Waals surface area (Å²) in [5.74, 6) is 0. The van der Waals surface area contributed by atoms with E-state index in [0.29, 0.717) is 0 Å². The van der Waals surface area contributed by atoms with Gasteiger partial charge in [-0.3, -0.25) is 0 Å². The molecular formula is C10H18N2. The van der Waals surface area contributed by atoms with Crippen LogP contribution in [0.5, 0.6) is 0 Å². The van der Waals surface area contributed by atoms with Gasteiger partial charge in [-0.25, -0.2) is 0 Å². The minimum Gasteiger partial charge on any atom is -0.313 e. The van der Waals surface area contributed by atoms with Gasteiger partial charge in [0.25, 0.3) is 0 Å². The van der Waals surface area contributed by atoms with Crippen LogP contribution >= 0.6 is 0 Å². The quantitative estimate of drug-likeness (QED) is 0.654. The minimum absolute atomic E-state index is 0.820. The van der Waals surface area contributed by atoms with Crippen molar-refractivity contribution < 1.29 is 0 Å². The van der Waals surface area contributed by atoms with Gasteiger partial charge in [0.1, 0.15) is 0 Å². The molecule has 1 N–H and O–H groups in total. The number of nitrogens with zero attached hydrogens (tertiary/aromatic N) is 1. The largest absolute Gasteiger partial charge is 0.313 e. The van der Waals surface area contributed by atoms with Gasteiger partial charge in [-0.2, -0.15) is 0 Å². The highest BCUT2D eigenvalue weighted by Gasteiger charge is 2.52. The zero-order valence-corrected chi connectivity index (χ0v) is 7.68. The predicted molar refractivity (Wildman–Crippen MR) is 49.1 cm³/mol. The zero-order chi connectivity index (χ0) is 8.02. The fourth-order valence-corrected chi connectivity index (χ4v) is 2.75. The molecule has 3 fully saturated rings. The van der Waals surface area contributed by atoms with Crippen LogP contribution in [-0.2, 0) is 0 Å². The Kier molecular flexibility index (Phi) is 1.50. The molecule has 1 aliphatic carbocycles. The molecule has 2 saturated heterocycles. The first-order valence-electron chi connectivity index (χ1n) is 5.32. The van der Waals surface area contributed by atoms with Crippen molar-refractivity contribution in [1.29, 1.82) is 0 Å². The second-order valence-electron chi connectivity index (χ2n) is 4.96. The van der Waals surface area contributed by atoms with Crippen LogP contribution in [0.3, 0.4) is 0 Å². The number of hydrogen-bond acceptors (Lipinski definition) is 2. The van der Waals surface area contributed by atoms with E-state index in [4.69, 9.17) is 0 Å². The van der Waals surface area contributed by atoms with Gasteiger partial charge in [0, 0.05) is 25.7 Å². The maximum absolute atomic E-state index is 3.56. The number of likely N-dealkylation sites (tertiary alicyclic amines) is 1. The van der Waals surface area contributed by atoms with E-state index in [1.165, 1.54) is 51.9 Å². The van der Waals surface area contributed by atoms with Gasteiger partial charge in [0.2, 0.25) is 0 Å². The first kappa shape index (κ1) is 7.34. The van der Waals surface area contributed by atoms with E-state index in [1.807, 2.05) is 0 Å². The van der Waals surface area contributed by atoms with Gasteiger partial charge in [0.15, 0.2) is 0 Å². The lowest BCUT2D eigenvalue weighted by Crippen LogP contribution is -2.52. The van der Waals surface area contributed by atoms with Crippen LogP contribution in [0.15, 0.2) is 0 Å². The number of hydrogen-bond donors (Lipinski definition) is 1. The summed E-state index contributed by atoms with van der Waals surface area (Å²) in [7, 11) is 0. The Morgan fingerprint density at radius 3 is 2.75 bits per heavy atom. The molecule has 0 radical (unpaired) electrons. The summed E-state index contributed by atoms with van der Waals surface area (Å²) in [6.07, 6.45) is 5.83. The topological polar surface area (TPSA) is 15.3 Å². The fraction of sp³-hybridized carbons (Fsp3) is 1.00. The first-order chi connectivity index (χ1) is 5.86. The van der Waals surface area contributed by atoms with Crippen LogP contribution in [0.2, 0.25) is 0 Å². The van der Waals surface area contributed by atoms with Gasteiger partial charge >= 0.3 is 0 Å². The molecule has 0 amide bonds. The van der Waals surface area contributed by atoms with Crippen LogP contribution in [-0.4, -0.2) is 37.1 Å². The van der Waals surface area contributed by atoms with E-state index in [-0.39, 0.29) is 0 Å². The molecule has 2 aliphatic heterocycles. The van der Waals surface area contributed by atoms with Gasteiger partial charge < -0.3 is 10.2 Å². The summed E-state index contributed by atoms with van der Waals surface area (Å²) < 4.78 is 0. The molecule has 0 aromatic rings. The van der Waals surface area contributed by atoms with Crippen LogP contribution in [0.25, 0.3) is 0 Å². The summed E-state index contributed by atoms with van der Waals surface area (Å²) in [4.78, 5) is 2.63. The van der Waals surface area contributed by atoms with E-state index in [0.717, 1.165) is 11.5 Å². The third kappa shape index (κ3) is 1.17. The van der Waals surface area contributed by atoms with Crippen molar-refractivity contribution in [1.82, 2.24) is 10.2 Å². The van der Waals surface area contributed by atoms with Gasteiger partial charge in [-0.1, -0.05) is 0 Å². The molecule has 2 heterocycles. The highest BCUT2D eigenvalue weighted by molar-refractivity contribution is 5.05. The molecule has 1 saturated carbocycles. The highest BCUT2D eigenvalue weighted by atomic mass is 15.2. The van der Waals surface area contributed by atoms with E-state index < -0.39 is 0 Å². The molecule has 12 heavy (non-hydrogen) atoms. The van der Waals surface area contributed by atoms with Crippen molar-refractivity contribution in [3.05, 3.63) is 0 Å². The third-order valence-electron chi connectivity index (χ3n) is 3.72. The predicted octanol–water partition coefficient (Wildman–Crippen LogP) is 0.834. The maximum Gasteiger partial charge on any atom is 0.0195 e. The summed E-state index contributed by atoms with van der Waals surface area (Å²) >= 11 is 0. The molecular weight excluding hydrogens is 148 g/mol. The van der Waals surface area contributed by atoms with Crippen molar-refractivity contribution >= 4 is 0 Å². The minimum atomic E-state index is 0.820. The lowest BCUT2D eigenvalue weighted by atomic mass is 9.96. The molecule has 2 nitrogen and oxygen atoms in total. The SMILES string of the molecule is C1CNC(CN2CC3(CC3)C2)C1. The Morgan fingerprint density at radius 1 is 1.33 bits per heavy atom. The number of rotatable bonds is 2. The first-order valence-corrected chi connectivity index (χ1v) is 5.32. The zero-order valence-electron chi connectivity index (χ0n) is 7.68. The average Bonchev–Trinajstić information content (AvgIpc) is 2.59. The monoisotopic (exact) mass is 166 g/mol. The highest BCUT2D eigenvalue weighted by Crippen LogP contribution is 2.52. The summed E-state index contributed by atoms with van der Waals surface area (Å²) in [5.41, 5.74) is 0.846. The standard InChI is InChI=1S/C10H18N2/c1-2-9(11-5-1)6-12-7-10(8-12)3-4-10/h9,11H,1-8H2. The Morgan fingerprint density at radius 2 is 2.17 bits per heavy atom. The Hall–Kier alpha value is -0.0800. The molecule has 68 valence electrons. The number of nitrogens with one attached hydrogen (secondary N) is 1. The third-order valence-corrected chi connectivity index (χ3v) is 3.72. The van der Waals surface area contributed by atoms with Gasteiger partial charge in [-0.15, -0.1) is 0 Å². The van der Waals surface area contributed by atoms with Crippen LogP contribution in [0, 0.1) is 5.41 Å². The normalized spacial score (nSPS) is 38.5. The molecule has 3 rings (SSSR count). The molecule has 2 heteroatoms. The molecule has 1 unspecified atom stereocenters. The van der Waals surface area contributed by atoms with Crippen molar-refractivity contribution in [2.45, 2.75) is 31.7 Å². The molecule has 0 aromatic carbocycles. The van der Waals surface area contributed by atoms with Crippen LogP contribution in [0.1, 0.15) is 25.7 Å².